The van der Waals surface area contributed by atoms with Crippen LogP contribution in [0.5, 0.6) is 0 Å². The molecule has 2 aromatic carbocycles. The lowest BCUT2D eigenvalue weighted by molar-refractivity contribution is 0.0928. The molecule has 2 heterocycles. The predicted molar refractivity (Wildman–Crippen MR) is 145 cm³/mol. The van der Waals surface area contributed by atoms with Gasteiger partial charge in [-0.25, -0.2) is 18.7 Å². The molecular formula is C31H34F2N4. The molecule has 2 N–H and O–H groups in total. The summed E-state index contributed by atoms with van der Waals surface area (Å²) in [5, 5.41) is 4.21. The Kier molecular flexibility index (Phi) is 5.81. The Morgan fingerprint density at radius 1 is 0.919 bits per heavy atom. The number of fused-ring (bicyclic) bond motifs is 4. The first-order valence-electron chi connectivity index (χ1n) is 13.4. The summed E-state index contributed by atoms with van der Waals surface area (Å²) in [7, 11) is 0. The summed E-state index contributed by atoms with van der Waals surface area (Å²) in [6.07, 6.45) is 6.82. The average Bonchev–Trinajstić information content (AvgIpc) is 3.30. The fourth-order valence-electron chi connectivity index (χ4n) is 6.44. The highest BCUT2D eigenvalue weighted by molar-refractivity contribution is 5.94. The predicted octanol–water partition coefficient (Wildman–Crippen LogP) is 8.10. The molecule has 3 aliphatic rings. The second kappa shape index (κ2) is 8.93. The number of anilines is 1. The van der Waals surface area contributed by atoms with Crippen molar-refractivity contribution in [2.24, 2.45) is 17.8 Å². The van der Waals surface area contributed by atoms with Gasteiger partial charge in [-0.05, 0) is 60.5 Å². The van der Waals surface area contributed by atoms with Crippen LogP contribution in [0.25, 0.3) is 33.5 Å². The third-order valence-electron chi connectivity index (χ3n) is 8.67. The molecule has 6 heteroatoms. The van der Waals surface area contributed by atoms with Gasteiger partial charge in [0.25, 0.3) is 0 Å². The summed E-state index contributed by atoms with van der Waals surface area (Å²) >= 11 is 0. The van der Waals surface area contributed by atoms with E-state index >= 15 is 0 Å². The van der Waals surface area contributed by atoms with Gasteiger partial charge in [0.2, 0.25) is 0 Å². The largest absolute Gasteiger partial charge is 0.367 e. The van der Waals surface area contributed by atoms with Crippen molar-refractivity contribution < 1.29 is 8.78 Å². The molecule has 0 amide bonds. The second-order valence-electron chi connectivity index (χ2n) is 12.0. The van der Waals surface area contributed by atoms with Gasteiger partial charge in [0, 0.05) is 40.9 Å². The number of rotatable bonds is 4. The van der Waals surface area contributed by atoms with Crippen molar-refractivity contribution in [2.75, 3.05) is 5.32 Å². The van der Waals surface area contributed by atoms with Gasteiger partial charge in [-0.2, -0.15) is 0 Å². The topological polar surface area (TPSA) is 53.6 Å². The molecule has 192 valence electrons. The molecule has 3 saturated carbocycles. The lowest BCUT2D eigenvalue weighted by Gasteiger charge is -2.47. The molecule has 2 aromatic heterocycles. The van der Waals surface area contributed by atoms with E-state index in [1.807, 2.05) is 6.07 Å². The van der Waals surface area contributed by atoms with Crippen molar-refractivity contribution in [3.8, 4) is 22.6 Å². The Morgan fingerprint density at radius 2 is 1.62 bits per heavy atom. The monoisotopic (exact) mass is 500 g/mol. The molecule has 4 aromatic rings. The molecule has 0 saturated heterocycles. The molecule has 2 bridgehead atoms. The minimum atomic E-state index is -0.624. The molecule has 3 fully saturated rings. The summed E-state index contributed by atoms with van der Waals surface area (Å²) in [5.41, 5.74) is 3.91. The van der Waals surface area contributed by atoms with E-state index in [1.165, 1.54) is 37.3 Å². The number of aromatic amines is 1. The van der Waals surface area contributed by atoms with E-state index in [1.54, 1.807) is 6.20 Å². The van der Waals surface area contributed by atoms with Gasteiger partial charge >= 0.3 is 0 Å². The molecule has 3 aliphatic carbocycles. The number of aromatic nitrogens is 3. The van der Waals surface area contributed by atoms with Crippen LogP contribution in [0, 0.1) is 29.4 Å². The molecule has 2 atom stereocenters. The molecule has 0 aliphatic heterocycles. The summed E-state index contributed by atoms with van der Waals surface area (Å²) < 4.78 is 28.6. The van der Waals surface area contributed by atoms with Gasteiger partial charge < -0.3 is 10.3 Å². The maximum Gasteiger partial charge on any atom is 0.164 e. The second-order valence-corrected chi connectivity index (χ2v) is 12.0. The SMILES string of the molecule is C[C@@H]1C2CCC(CC2)[C@H]1Nc1cc(-c2ccc(C(C)(C)C)cc2)nc(-c2c[nH]c3c(F)cc(F)cc23)n1. The van der Waals surface area contributed by atoms with E-state index < -0.39 is 11.6 Å². The fraction of sp³-hybridized carbons (Fsp3) is 0.419. The highest BCUT2D eigenvalue weighted by Gasteiger charge is 2.41. The van der Waals surface area contributed by atoms with Crippen LogP contribution in [0.2, 0.25) is 0 Å². The normalized spacial score (nSPS) is 23.5. The van der Waals surface area contributed by atoms with Crippen molar-refractivity contribution in [2.45, 2.75) is 64.8 Å². The Labute approximate surface area is 216 Å². The number of nitrogens with one attached hydrogen (secondary N) is 2. The summed E-state index contributed by atoms with van der Waals surface area (Å²) in [6.45, 7) is 8.94. The Morgan fingerprint density at radius 3 is 2.30 bits per heavy atom. The minimum absolute atomic E-state index is 0.0523. The number of hydrogen-bond acceptors (Lipinski definition) is 3. The van der Waals surface area contributed by atoms with Gasteiger partial charge in [0.05, 0.1) is 11.2 Å². The minimum Gasteiger partial charge on any atom is -0.367 e. The quantitative estimate of drug-likeness (QED) is 0.298. The van der Waals surface area contributed by atoms with E-state index in [2.05, 4.69) is 62.3 Å². The highest BCUT2D eigenvalue weighted by atomic mass is 19.1. The third kappa shape index (κ3) is 4.41. The summed E-state index contributed by atoms with van der Waals surface area (Å²) in [6, 6.07) is 13.1. The van der Waals surface area contributed by atoms with Crippen LogP contribution in [0.3, 0.4) is 0 Å². The smallest absolute Gasteiger partial charge is 0.164 e. The van der Waals surface area contributed by atoms with E-state index in [4.69, 9.17) is 9.97 Å². The highest BCUT2D eigenvalue weighted by Crippen LogP contribution is 2.46. The third-order valence-corrected chi connectivity index (χ3v) is 8.67. The lowest BCUT2D eigenvalue weighted by atomic mass is 9.62. The maximum atomic E-state index is 14.4. The van der Waals surface area contributed by atoms with Crippen LogP contribution >= 0.6 is 0 Å². The molecule has 0 spiro atoms. The van der Waals surface area contributed by atoms with Crippen LogP contribution < -0.4 is 5.32 Å². The first kappa shape index (κ1) is 24.1. The zero-order valence-electron chi connectivity index (χ0n) is 21.9. The van der Waals surface area contributed by atoms with Crippen LogP contribution in [-0.4, -0.2) is 21.0 Å². The first-order valence-corrected chi connectivity index (χ1v) is 13.4. The summed E-state index contributed by atoms with van der Waals surface area (Å²) in [4.78, 5) is 12.7. The molecule has 7 rings (SSSR count). The van der Waals surface area contributed by atoms with Crippen LogP contribution in [0.4, 0.5) is 14.6 Å². The van der Waals surface area contributed by atoms with Crippen molar-refractivity contribution in [1.82, 2.24) is 15.0 Å². The molecule has 4 nitrogen and oxygen atoms in total. The standard InChI is InChI=1S/C31H34F2N4/c1-17-18-5-7-20(8-6-18)28(17)36-27-15-26(19-9-11-21(12-10-19)31(2,3)4)35-30(37-27)24-16-34-29-23(24)13-22(32)14-25(29)33/h9-18,20,28,34H,5-8H2,1-4H3,(H,35,36,37)/t17-,18?,20?,28+/m1/s1. The number of halogens is 2. The number of hydrogen-bond donors (Lipinski definition) is 2. The number of benzene rings is 2. The van der Waals surface area contributed by atoms with E-state index in [-0.39, 0.29) is 10.9 Å². The van der Waals surface area contributed by atoms with Crippen molar-refractivity contribution in [3.05, 3.63) is 65.9 Å². The van der Waals surface area contributed by atoms with Crippen LogP contribution in [0.1, 0.15) is 58.9 Å². The van der Waals surface area contributed by atoms with Gasteiger partial charge in [0.15, 0.2) is 5.82 Å². The number of H-pyrrole nitrogens is 1. The molecule has 0 unspecified atom stereocenters. The van der Waals surface area contributed by atoms with Gasteiger partial charge in [-0.3, -0.25) is 0 Å². The Bertz CT molecular complexity index is 1440. The maximum absolute atomic E-state index is 14.4. The Hall–Kier alpha value is -3.28. The van der Waals surface area contributed by atoms with Crippen molar-refractivity contribution in [1.29, 1.82) is 0 Å². The van der Waals surface area contributed by atoms with Crippen LogP contribution in [-0.2, 0) is 5.41 Å². The Balaban J connectivity index is 1.45. The zero-order valence-corrected chi connectivity index (χ0v) is 21.9. The fourth-order valence-corrected chi connectivity index (χ4v) is 6.44. The van der Waals surface area contributed by atoms with E-state index in [9.17, 15) is 8.78 Å². The zero-order chi connectivity index (χ0) is 25.9. The van der Waals surface area contributed by atoms with E-state index in [0.29, 0.717) is 34.7 Å². The average molecular weight is 501 g/mol. The lowest BCUT2D eigenvalue weighted by Crippen LogP contribution is -2.47. The first-order chi connectivity index (χ1) is 17.7. The van der Waals surface area contributed by atoms with E-state index in [0.717, 1.165) is 29.1 Å². The van der Waals surface area contributed by atoms with Crippen molar-refractivity contribution >= 4 is 16.7 Å². The molecule has 0 radical (unpaired) electrons. The van der Waals surface area contributed by atoms with Gasteiger partial charge in [-0.15, -0.1) is 0 Å². The van der Waals surface area contributed by atoms with Gasteiger partial charge in [-0.1, -0.05) is 52.0 Å². The van der Waals surface area contributed by atoms with Crippen molar-refractivity contribution in [3.63, 3.8) is 0 Å². The van der Waals surface area contributed by atoms with Crippen LogP contribution in [0.15, 0.2) is 48.7 Å². The number of nitrogens with zero attached hydrogens (tertiary/aromatic N) is 2. The molecular weight excluding hydrogens is 466 g/mol. The van der Waals surface area contributed by atoms with Gasteiger partial charge in [0.1, 0.15) is 17.5 Å². The summed E-state index contributed by atoms with van der Waals surface area (Å²) in [5.74, 6) is 1.94. The molecule has 37 heavy (non-hydrogen) atoms.